The maximum absolute atomic E-state index is 3.54. The predicted octanol–water partition coefficient (Wildman–Crippen LogP) is 1.67. The van der Waals surface area contributed by atoms with Gasteiger partial charge in [0.05, 0.1) is 6.17 Å². The summed E-state index contributed by atoms with van der Waals surface area (Å²) in [6, 6.07) is 0. The highest BCUT2D eigenvalue weighted by Crippen LogP contribution is 2.12. The molecule has 0 radical (unpaired) electrons. The molecule has 1 aliphatic rings. The molecule has 0 spiro atoms. The summed E-state index contributed by atoms with van der Waals surface area (Å²) < 4.78 is 0. The number of nitrogens with zero attached hydrogens (tertiary/aromatic N) is 1. The molecule has 72 valence electrons. The minimum absolute atomic E-state index is 0.636. The second-order valence-electron chi connectivity index (χ2n) is 4.03. The summed E-state index contributed by atoms with van der Waals surface area (Å²) in [5.41, 5.74) is 0. The molecular formula is C10H22N2. The van der Waals surface area contributed by atoms with E-state index in [1.54, 1.807) is 0 Å². The molecule has 0 bridgehead atoms. The van der Waals surface area contributed by atoms with Crippen LogP contribution in [0.4, 0.5) is 0 Å². The SMILES string of the molecule is CCCCN1CCNC1C(C)C. The Kier molecular flexibility index (Phi) is 4.02. The topological polar surface area (TPSA) is 15.3 Å². The zero-order valence-electron chi connectivity index (χ0n) is 8.64. The van der Waals surface area contributed by atoms with Crippen molar-refractivity contribution < 1.29 is 0 Å². The summed E-state index contributed by atoms with van der Waals surface area (Å²) in [5, 5.41) is 3.54. The standard InChI is InChI=1S/C10H22N2/c1-4-5-7-12-8-6-11-10(12)9(2)3/h9-11H,4-8H2,1-3H3. The summed E-state index contributed by atoms with van der Waals surface area (Å²) in [6.45, 7) is 10.5. The van der Waals surface area contributed by atoms with Crippen molar-refractivity contribution in [3.63, 3.8) is 0 Å². The molecule has 1 unspecified atom stereocenters. The lowest BCUT2D eigenvalue weighted by atomic mass is 10.1. The van der Waals surface area contributed by atoms with Crippen LogP contribution >= 0.6 is 0 Å². The van der Waals surface area contributed by atoms with Gasteiger partial charge in [-0.1, -0.05) is 27.2 Å². The first-order valence-electron chi connectivity index (χ1n) is 5.23. The fourth-order valence-corrected chi connectivity index (χ4v) is 1.89. The minimum Gasteiger partial charge on any atom is -0.300 e. The first-order chi connectivity index (χ1) is 5.75. The van der Waals surface area contributed by atoms with Crippen molar-refractivity contribution in [1.82, 2.24) is 10.2 Å². The van der Waals surface area contributed by atoms with Crippen LogP contribution in [-0.4, -0.2) is 30.7 Å². The fraction of sp³-hybridized carbons (Fsp3) is 1.00. The Morgan fingerprint density at radius 3 is 2.83 bits per heavy atom. The highest BCUT2D eigenvalue weighted by atomic mass is 15.3. The third kappa shape index (κ3) is 2.46. The largest absolute Gasteiger partial charge is 0.300 e. The molecule has 1 heterocycles. The maximum Gasteiger partial charge on any atom is 0.0621 e. The van der Waals surface area contributed by atoms with Crippen molar-refractivity contribution in [3.8, 4) is 0 Å². The van der Waals surface area contributed by atoms with Crippen LogP contribution in [-0.2, 0) is 0 Å². The molecule has 1 atom stereocenters. The lowest BCUT2D eigenvalue weighted by molar-refractivity contribution is 0.190. The highest BCUT2D eigenvalue weighted by molar-refractivity contribution is 4.79. The van der Waals surface area contributed by atoms with E-state index in [4.69, 9.17) is 0 Å². The lowest BCUT2D eigenvalue weighted by Crippen LogP contribution is -2.40. The molecule has 1 aliphatic heterocycles. The molecule has 1 saturated heterocycles. The zero-order chi connectivity index (χ0) is 8.97. The van der Waals surface area contributed by atoms with Crippen molar-refractivity contribution in [2.75, 3.05) is 19.6 Å². The van der Waals surface area contributed by atoms with E-state index in [9.17, 15) is 0 Å². The van der Waals surface area contributed by atoms with E-state index in [2.05, 4.69) is 31.0 Å². The Morgan fingerprint density at radius 1 is 1.50 bits per heavy atom. The molecule has 0 aromatic carbocycles. The maximum atomic E-state index is 3.54. The highest BCUT2D eigenvalue weighted by Gasteiger charge is 2.25. The molecule has 1 N–H and O–H groups in total. The molecule has 1 rings (SSSR count). The molecule has 2 heteroatoms. The second-order valence-corrected chi connectivity index (χ2v) is 4.03. The molecule has 0 aromatic heterocycles. The van der Waals surface area contributed by atoms with Crippen LogP contribution in [0.25, 0.3) is 0 Å². The summed E-state index contributed by atoms with van der Waals surface area (Å²) in [5.74, 6) is 0.740. The number of rotatable bonds is 4. The average molecular weight is 170 g/mol. The van der Waals surface area contributed by atoms with Crippen LogP contribution in [0.1, 0.15) is 33.6 Å². The molecule has 0 amide bonds. The monoisotopic (exact) mass is 170 g/mol. The van der Waals surface area contributed by atoms with E-state index in [1.165, 1.54) is 32.5 Å². The Bertz CT molecular complexity index is 123. The van der Waals surface area contributed by atoms with Gasteiger partial charge < -0.3 is 5.32 Å². The van der Waals surface area contributed by atoms with Gasteiger partial charge in [-0.15, -0.1) is 0 Å². The molecule has 2 nitrogen and oxygen atoms in total. The molecule has 0 aromatic rings. The molecular weight excluding hydrogens is 148 g/mol. The summed E-state index contributed by atoms with van der Waals surface area (Å²) in [7, 11) is 0. The minimum atomic E-state index is 0.636. The van der Waals surface area contributed by atoms with Gasteiger partial charge >= 0.3 is 0 Å². The van der Waals surface area contributed by atoms with Crippen molar-refractivity contribution >= 4 is 0 Å². The van der Waals surface area contributed by atoms with Crippen LogP contribution in [0.3, 0.4) is 0 Å². The fourth-order valence-electron chi connectivity index (χ4n) is 1.89. The van der Waals surface area contributed by atoms with Gasteiger partial charge in [0.2, 0.25) is 0 Å². The second kappa shape index (κ2) is 4.83. The van der Waals surface area contributed by atoms with Gasteiger partial charge in [-0.2, -0.15) is 0 Å². The molecule has 1 fully saturated rings. The lowest BCUT2D eigenvalue weighted by Gasteiger charge is -2.26. The Balaban J connectivity index is 2.30. The van der Waals surface area contributed by atoms with Crippen molar-refractivity contribution in [2.45, 2.75) is 39.8 Å². The predicted molar refractivity (Wildman–Crippen MR) is 53.1 cm³/mol. The van der Waals surface area contributed by atoms with Crippen LogP contribution in [0.2, 0.25) is 0 Å². The van der Waals surface area contributed by atoms with Crippen LogP contribution in [0.5, 0.6) is 0 Å². The Morgan fingerprint density at radius 2 is 2.25 bits per heavy atom. The van der Waals surface area contributed by atoms with Gasteiger partial charge in [-0.25, -0.2) is 0 Å². The molecule has 0 saturated carbocycles. The van der Waals surface area contributed by atoms with Crippen molar-refractivity contribution in [3.05, 3.63) is 0 Å². The van der Waals surface area contributed by atoms with Gasteiger partial charge in [0, 0.05) is 13.1 Å². The van der Waals surface area contributed by atoms with E-state index in [1.807, 2.05) is 0 Å². The van der Waals surface area contributed by atoms with Gasteiger partial charge in [0.25, 0.3) is 0 Å². The van der Waals surface area contributed by atoms with Gasteiger partial charge in [-0.05, 0) is 18.9 Å². The number of hydrogen-bond donors (Lipinski definition) is 1. The first kappa shape index (κ1) is 10.0. The van der Waals surface area contributed by atoms with Gasteiger partial charge in [0.1, 0.15) is 0 Å². The third-order valence-corrected chi connectivity index (χ3v) is 2.58. The van der Waals surface area contributed by atoms with E-state index in [0.29, 0.717) is 6.17 Å². The van der Waals surface area contributed by atoms with E-state index >= 15 is 0 Å². The van der Waals surface area contributed by atoms with Crippen LogP contribution < -0.4 is 5.32 Å². The average Bonchev–Trinajstić information content (AvgIpc) is 2.48. The van der Waals surface area contributed by atoms with Crippen molar-refractivity contribution in [2.24, 2.45) is 5.92 Å². The number of nitrogens with one attached hydrogen (secondary N) is 1. The Hall–Kier alpha value is -0.0800. The molecule has 0 aliphatic carbocycles. The third-order valence-electron chi connectivity index (χ3n) is 2.58. The Labute approximate surface area is 76.3 Å². The van der Waals surface area contributed by atoms with Crippen LogP contribution in [0.15, 0.2) is 0 Å². The number of unbranched alkanes of at least 4 members (excludes halogenated alkanes) is 1. The van der Waals surface area contributed by atoms with Crippen molar-refractivity contribution in [1.29, 1.82) is 0 Å². The summed E-state index contributed by atoms with van der Waals surface area (Å²) in [6.07, 6.45) is 3.28. The molecule has 12 heavy (non-hydrogen) atoms. The normalized spacial score (nSPS) is 25.5. The van der Waals surface area contributed by atoms with E-state index in [0.717, 1.165) is 5.92 Å². The number of hydrogen-bond acceptors (Lipinski definition) is 2. The van der Waals surface area contributed by atoms with E-state index in [-0.39, 0.29) is 0 Å². The van der Waals surface area contributed by atoms with Gasteiger partial charge in [0.15, 0.2) is 0 Å². The first-order valence-corrected chi connectivity index (χ1v) is 5.23. The summed E-state index contributed by atoms with van der Waals surface area (Å²) in [4.78, 5) is 2.58. The quantitative estimate of drug-likeness (QED) is 0.690. The summed E-state index contributed by atoms with van der Waals surface area (Å²) >= 11 is 0. The van der Waals surface area contributed by atoms with Crippen LogP contribution in [0, 0.1) is 5.92 Å². The smallest absolute Gasteiger partial charge is 0.0621 e. The zero-order valence-corrected chi connectivity index (χ0v) is 8.64. The van der Waals surface area contributed by atoms with Gasteiger partial charge in [-0.3, -0.25) is 4.90 Å². The van der Waals surface area contributed by atoms with E-state index < -0.39 is 0 Å².